The van der Waals surface area contributed by atoms with E-state index in [4.69, 9.17) is 0 Å². The number of hydrogen-bond acceptors (Lipinski definition) is 3. The Morgan fingerprint density at radius 3 is 2.50 bits per heavy atom. The molecule has 1 N–H and O–H groups in total. The summed E-state index contributed by atoms with van der Waals surface area (Å²) in [5, 5.41) is 9.84. The molecule has 0 aromatic heterocycles. The molecule has 18 heavy (non-hydrogen) atoms. The number of benzene rings is 1. The molecule has 0 spiro atoms. The summed E-state index contributed by atoms with van der Waals surface area (Å²) in [5.74, 6) is 0.0868. The summed E-state index contributed by atoms with van der Waals surface area (Å²) in [6, 6.07) is 6.18. The molecule has 96 valence electrons. The fourth-order valence-electron chi connectivity index (χ4n) is 3.12. The number of nitrogens with zero attached hydrogens (tertiary/aromatic N) is 2. The lowest BCUT2D eigenvalue weighted by Crippen LogP contribution is -2.37. The van der Waals surface area contributed by atoms with E-state index in [1.54, 1.807) is 0 Å². The van der Waals surface area contributed by atoms with Crippen molar-refractivity contribution in [2.24, 2.45) is 0 Å². The highest BCUT2D eigenvalue weighted by Crippen LogP contribution is 2.34. The molecule has 2 unspecified atom stereocenters. The van der Waals surface area contributed by atoms with Crippen LogP contribution in [0.25, 0.3) is 0 Å². The van der Waals surface area contributed by atoms with Crippen LogP contribution in [-0.2, 0) is 4.79 Å². The Hall–Kier alpha value is -1.39. The van der Waals surface area contributed by atoms with Crippen molar-refractivity contribution in [1.82, 2.24) is 4.90 Å². The third-order valence-electron chi connectivity index (χ3n) is 3.82. The van der Waals surface area contributed by atoms with Gasteiger partial charge in [-0.05, 0) is 49.9 Å². The van der Waals surface area contributed by atoms with E-state index in [0.29, 0.717) is 6.54 Å². The number of carbonyl (C=O) groups is 1. The molecule has 0 bridgehead atoms. The molecule has 2 heterocycles. The highest BCUT2D eigenvalue weighted by Gasteiger charge is 2.45. The summed E-state index contributed by atoms with van der Waals surface area (Å²) < 4.78 is 0. The van der Waals surface area contributed by atoms with Gasteiger partial charge < -0.3 is 5.11 Å². The number of carbonyl (C=O) groups excluding carboxylic acids is 1. The van der Waals surface area contributed by atoms with Gasteiger partial charge in [0.1, 0.15) is 6.23 Å². The fourth-order valence-corrected chi connectivity index (χ4v) is 3.12. The SMILES string of the molecule is Cc1cc(C)cc(N2C(=O)CN3C(O)CCC23)c1. The number of amides is 1. The second-order valence-corrected chi connectivity index (χ2v) is 5.32. The van der Waals surface area contributed by atoms with Gasteiger partial charge in [-0.2, -0.15) is 0 Å². The van der Waals surface area contributed by atoms with Gasteiger partial charge in [0.2, 0.25) is 5.91 Å². The second kappa shape index (κ2) is 4.07. The average molecular weight is 246 g/mol. The number of aryl methyl sites for hydroxylation is 2. The Balaban J connectivity index is 1.98. The van der Waals surface area contributed by atoms with E-state index >= 15 is 0 Å². The molecular weight excluding hydrogens is 228 g/mol. The second-order valence-electron chi connectivity index (χ2n) is 5.32. The zero-order valence-electron chi connectivity index (χ0n) is 10.8. The zero-order valence-corrected chi connectivity index (χ0v) is 10.8. The van der Waals surface area contributed by atoms with Crippen molar-refractivity contribution in [1.29, 1.82) is 0 Å². The highest BCUT2D eigenvalue weighted by atomic mass is 16.3. The van der Waals surface area contributed by atoms with Crippen molar-refractivity contribution in [3.63, 3.8) is 0 Å². The predicted molar refractivity (Wildman–Crippen MR) is 69.1 cm³/mol. The van der Waals surface area contributed by atoms with E-state index in [2.05, 4.69) is 6.07 Å². The number of aliphatic hydroxyl groups excluding tert-OH is 1. The van der Waals surface area contributed by atoms with E-state index in [9.17, 15) is 9.90 Å². The van der Waals surface area contributed by atoms with Gasteiger partial charge in [-0.15, -0.1) is 0 Å². The quantitative estimate of drug-likeness (QED) is 0.814. The lowest BCUT2D eigenvalue weighted by atomic mass is 10.1. The Morgan fingerprint density at radius 1 is 1.17 bits per heavy atom. The van der Waals surface area contributed by atoms with E-state index in [1.807, 2.05) is 35.8 Å². The lowest BCUT2D eigenvalue weighted by Gasteiger charge is -2.25. The average Bonchev–Trinajstić information content (AvgIpc) is 2.77. The first-order chi connectivity index (χ1) is 8.56. The van der Waals surface area contributed by atoms with Gasteiger partial charge in [-0.25, -0.2) is 4.90 Å². The smallest absolute Gasteiger partial charge is 0.242 e. The van der Waals surface area contributed by atoms with Gasteiger partial charge in [-0.1, -0.05) is 6.07 Å². The van der Waals surface area contributed by atoms with Crippen LogP contribution in [0.4, 0.5) is 5.69 Å². The minimum atomic E-state index is -0.463. The first-order valence-corrected chi connectivity index (χ1v) is 6.40. The molecule has 3 rings (SSSR count). The third kappa shape index (κ3) is 1.72. The first-order valence-electron chi connectivity index (χ1n) is 6.40. The van der Waals surface area contributed by atoms with Crippen molar-refractivity contribution < 1.29 is 9.90 Å². The van der Waals surface area contributed by atoms with Crippen LogP contribution in [-0.4, -0.2) is 34.9 Å². The molecule has 2 aliphatic heterocycles. The number of fused-ring (bicyclic) bond motifs is 1. The third-order valence-corrected chi connectivity index (χ3v) is 3.82. The van der Waals surface area contributed by atoms with Gasteiger partial charge in [0.05, 0.1) is 12.7 Å². The van der Waals surface area contributed by atoms with Crippen LogP contribution < -0.4 is 4.90 Å². The topological polar surface area (TPSA) is 43.8 Å². The summed E-state index contributed by atoms with van der Waals surface area (Å²) in [7, 11) is 0. The molecule has 0 radical (unpaired) electrons. The molecular formula is C14H18N2O2. The van der Waals surface area contributed by atoms with Crippen molar-refractivity contribution >= 4 is 11.6 Å². The van der Waals surface area contributed by atoms with Crippen molar-refractivity contribution in [2.45, 2.75) is 39.1 Å². The summed E-state index contributed by atoms with van der Waals surface area (Å²) in [5.41, 5.74) is 3.28. The molecule has 1 aromatic carbocycles. The molecule has 0 saturated carbocycles. The monoisotopic (exact) mass is 246 g/mol. The number of anilines is 1. The van der Waals surface area contributed by atoms with Gasteiger partial charge in [0.25, 0.3) is 0 Å². The van der Waals surface area contributed by atoms with Gasteiger partial charge >= 0.3 is 0 Å². The van der Waals surface area contributed by atoms with Crippen LogP contribution in [0.15, 0.2) is 18.2 Å². The highest BCUT2D eigenvalue weighted by molar-refractivity contribution is 5.97. The normalized spacial score (nSPS) is 27.9. The zero-order chi connectivity index (χ0) is 12.9. The molecule has 1 amide bonds. The molecule has 2 atom stereocenters. The maximum absolute atomic E-state index is 12.1. The van der Waals surface area contributed by atoms with Gasteiger partial charge in [0, 0.05) is 5.69 Å². The summed E-state index contributed by atoms with van der Waals surface area (Å²) >= 11 is 0. The van der Waals surface area contributed by atoms with Gasteiger partial charge in [0.15, 0.2) is 0 Å². The summed E-state index contributed by atoms with van der Waals surface area (Å²) in [6.07, 6.45) is 1.17. The summed E-state index contributed by atoms with van der Waals surface area (Å²) in [6.45, 7) is 4.41. The Bertz CT molecular complexity index is 480. The van der Waals surface area contributed by atoms with Crippen molar-refractivity contribution in [3.8, 4) is 0 Å². The predicted octanol–water partition coefficient (Wildman–Crippen LogP) is 1.39. The lowest BCUT2D eigenvalue weighted by molar-refractivity contribution is -0.117. The molecule has 1 aromatic rings. The summed E-state index contributed by atoms with van der Waals surface area (Å²) in [4.78, 5) is 15.9. The standard InChI is InChI=1S/C14H18N2O2/c1-9-5-10(2)7-11(6-9)16-12-3-4-13(17)15(12)8-14(16)18/h5-7,12-13,17H,3-4,8H2,1-2H3. The van der Waals surface area contributed by atoms with Crippen LogP contribution in [0.5, 0.6) is 0 Å². The van der Waals surface area contributed by atoms with Crippen LogP contribution in [0.1, 0.15) is 24.0 Å². The Kier molecular flexibility index (Phi) is 2.64. The van der Waals surface area contributed by atoms with Gasteiger partial charge in [-0.3, -0.25) is 9.69 Å². The van der Waals surface area contributed by atoms with Crippen LogP contribution in [0.2, 0.25) is 0 Å². The minimum absolute atomic E-state index is 0.0358. The maximum atomic E-state index is 12.1. The van der Waals surface area contributed by atoms with Crippen LogP contribution in [0, 0.1) is 13.8 Å². The molecule has 2 aliphatic rings. The number of aliphatic hydroxyl groups is 1. The largest absolute Gasteiger partial charge is 0.378 e. The number of hydrogen-bond donors (Lipinski definition) is 1. The van der Waals surface area contributed by atoms with Crippen molar-refractivity contribution in [3.05, 3.63) is 29.3 Å². The van der Waals surface area contributed by atoms with E-state index in [1.165, 1.54) is 0 Å². The Labute approximate surface area is 107 Å². The van der Waals surface area contributed by atoms with E-state index < -0.39 is 6.23 Å². The maximum Gasteiger partial charge on any atom is 0.242 e. The van der Waals surface area contributed by atoms with Crippen molar-refractivity contribution in [2.75, 3.05) is 11.4 Å². The van der Waals surface area contributed by atoms with E-state index in [-0.39, 0.29) is 12.1 Å². The van der Waals surface area contributed by atoms with Crippen LogP contribution in [0.3, 0.4) is 0 Å². The molecule has 4 nitrogen and oxygen atoms in total. The molecule has 0 aliphatic carbocycles. The van der Waals surface area contributed by atoms with Crippen LogP contribution >= 0.6 is 0 Å². The Morgan fingerprint density at radius 2 is 1.83 bits per heavy atom. The molecule has 4 heteroatoms. The molecule has 2 fully saturated rings. The first kappa shape index (κ1) is 11.7. The van der Waals surface area contributed by atoms with E-state index in [0.717, 1.165) is 29.7 Å². The fraction of sp³-hybridized carbons (Fsp3) is 0.500. The minimum Gasteiger partial charge on any atom is -0.378 e. The number of rotatable bonds is 1. The molecule has 2 saturated heterocycles.